The number of rotatable bonds is 4. The summed E-state index contributed by atoms with van der Waals surface area (Å²) in [7, 11) is 1.94. The number of H-pyrrole nitrogens is 1. The quantitative estimate of drug-likeness (QED) is 0.865. The first-order chi connectivity index (χ1) is 8.88. The normalized spacial score (nSPS) is 17.4. The summed E-state index contributed by atoms with van der Waals surface area (Å²) in [6.45, 7) is 0. The Labute approximate surface area is 107 Å². The van der Waals surface area contributed by atoms with Crippen LogP contribution in [0.3, 0.4) is 0 Å². The van der Waals surface area contributed by atoms with E-state index in [2.05, 4.69) is 44.8 Å². The smallest absolute Gasteiger partial charge is 0.145 e. The van der Waals surface area contributed by atoms with Crippen molar-refractivity contribution >= 4 is 0 Å². The van der Waals surface area contributed by atoms with Crippen LogP contribution < -0.4 is 5.32 Å². The van der Waals surface area contributed by atoms with Gasteiger partial charge in [0, 0.05) is 0 Å². The Hall–Kier alpha value is -1.68. The molecule has 0 radical (unpaired) electrons. The van der Waals surface area contributed by atoms with E-state index in [-0.39, 0.29) is 6.04 Å². The summed E-state index contributed by atoms with van der Waals surface area (Å²) >= 11 is 0. The zero-order chi connectivity index (χ0) is 12.4. The molecule has 0 amide bonds. The number of aromatic nitrogens is 3. The minimum Gasteiger partial charge on any atom is -0.307 e. The fourth-order valence-electron chi connectivity index (χ4n) is 2.52. The summed E-state index contributed by atoms with van der Waals surface area (Å²) in [4.78, 5) is 4.22. The second-order valence-electron chi connectivity index (χ2n) is 4.89. The van der Waals surface area contributed by atoms with Crippen molar-refractivity contribution in [1.29, 1.82) is 0 Å². The van der Waals surface area contributed by atoms with Gasteiger partial charge in [-0.2, -0.15) is 5.10 Å². The molecule has 94 valence electrons. The van der Waals surface area contributed by atoms with Gasteiger partial charge in [-0.1, -0.05) is 30.7 Å². The monoisotopic (exact) mass is 242 g/mol. The maximum atomic E-state index is 4.22. The van der Waals surface area contributed by atoms with E-state index in [1.165, 1.54) is 30.4 Å². The van der Waals surface area contributed by atoms with Gasteiger partial charge in [-0.25, -0.2) is 4.98 Å². The molecule has 18 heavy (non-hydrogen) atoms. The van der Waals surface area contributed by atoms with Gasteiger partial charge in [0.2, 0.25) is 0 Å². The van der Waals surface area contributed by atoms with E-state index in [1.54, 1.807) is 6.33 Å². The highest BCUT2D eigenvalue weighted by molar-refractivity contribution is 5.30. The van der Waals surface area contributed by atoms with Crippen molar-refractivity contribution in [2.75, 3.05) is 7.05 Å². The summed E-state index contributed by atoms with van der Waals surface area (Å²) in [6, 6.07) is 8.97. The molecular formula is C14H18N4. The highest BCUT2D eigenvalue weighted by Gasteiger charge is 2.20. The van der Waals surface area contributed by atoms with Crippen molar-refractivity contribution in [1.82, 2.24) is 20.5 Å². The van der Waals surface area contributed by atoms with E-state index in [4.69, 9.17) is 0 Å². The van der Waals surface area contributed by atoms with Crippen LogP contribution in [0.25, 0.3) is 0 Å². The van der Waals surface area contributed by atoms with Crippen molar-refractivity contribution in [2.45, 2.75) is 31.2 Å². The summed E-state index contributed by atoms with van der Waals surface area (Å²) in [5.74, 6) is 1.64. The van der Waals surface area contributed by atoms with Crippen molar-refractivity contribution < 1.29 is 0 Å². The maximum Gasteiger partial charge on any atom is 0.145 e. The van der Waals surface area contributed by atoms with Crippen LogP contribution in [0, 0.1) is 0 Å². The number of benzene rings is 1. The lowest BCUT2D eigenvalue weighted by Gasteiger charge is -2.26. The molecule has 1 aliphatic carbocycles. The van der Waals surface area contributed by atoms with Crippen LogP contribution in [0.15, 0.2) is 30.6 Å². The lowest BCUT2D eigenvalue weighted by Crippen LogP contribution is -2.19. The molecule has 1 fully saturated rings. The molecule has 0 bridgehead atoms. The molecule has 1 atom stereocenters. The minimum atomic E-state index is 0.0861. The average Bonchev–Trinajstić information content (AvgIpc) is 2.84. The fourth-order valence-corrected chi connectivity index (χ4v) is 2.52. The molecule has 4 heteroatoms. The third-order valence-electron chi connectivity index (χ3n) is 3.84. The maximum absolute atomic E-state index is 4.22. The van der Waals surface area contributed by atoms with Gasteiger partial charge in [0.15, 0.2) is 0 Å². The molecule has 1 aromatic heterocycles. The van der Waals surface area contributed by atoms with Crippen LogP contribution in [0.2, 0.25) is 0 Å². The van der Waals surface area contributed by atoms with Gasteiger partial charge >= 0.3 is 0 Å². The average molecular weight is 242 g/mol. The Morgan fingerprint density at radius 1 is 1.28 bits per heavy atom. The molecule has 1 aromatic carbocycles. The van der Waals surface area contributed by atoms with Crippen molar-refractivity contribution in [3.63, 3.8) is 0 Å². The third kappa shape index (κ3) is 2.04. The van der Waals surface area contributed by atoms with Crippen LogP contribution >= 0.6 is 0 Å². The first-order valence-electron chi connectivity index (χ1n) is 6.51. The van der Waals surface area contributed by atoms with Gasteiger partial charge in [-0.15, -0.1) is 0 Å². The lowest BCUT2D eigenvalue weighted by atomic mass is 9.80. The van der Waals surface area contributed by atoms with Crippen molar-refractivity contribution in [2.24, 2.45) is 0 Å². The largest absolute Gasteiger partial charge is 0.307 e. The number of nitrogens with one attached hydrogen (secondary N) is 2. The van der Waals surface area contributed by atoms with Crippen LogP contribution in [0.5, 0.6) is 0 Å². The van der Waals surface area contributed by atoms with Crippen LogP contribution in [-0.4, -0.2) is 22.2 Å². The topological polar surface area (TPSA) is 53.6 Å². The second kappa shape index (κ2) is 4.90. The van der Waals surface area contributed by atoms with Crippen molar-refractivity contribution in [3.8, 4) is 0 Å². The minimum absolute atomic E-state index is 0.0861. The van der Waals surface area contributed by atoms with E-state index in [0.717, 1.165) is 11.7 Å². The molecule has 0 saturated heterocycles. The van der Waals surface area contributed by atoms with Crippen LogP contribution in [-0.2, 0) is 0 Å². The molecule has 4 nitrogen and oxygen atoms in total. The predicted octanol–water partition coefficient (Wildman–Crippen LogP) is 2.38. The lowest BCUT2D eigenvalue weighted by molar-refractivity contribution is 0.419. The Morgan fingerprint density at radius 3 is 2.56 bits per heavy atom. The van der Waals surface area contributed by atoms with E-state index < -0.39 is 0 Å². The molecule has 1 unspecified atom stereocenters. The molecule has 0 aliphatic heterocycles. The summed E-state index contributed by atoms with van der Waals surface area (Å²) in [5, 5.41) is 10.1. The zero-order valence-corrected chi connectivity index (χ0v) is 10.6. The van der Waals surface area contributed by atoms with Gasteiger partial charge in [-0.05, 0) is 36.9 Å². The molecule has 3 rings (SSSR count). The standard InChI is InChI=1S/C14H18N4/c1-15-13(14-16-9-17-18-14)12-7-5-11(6-8-12)10-3-2-4-10/h5-10,13,15H,2-4H2,1H3,(H,16,17,18). The number of nitrogens with zero attached hydrogens (tertiary/aromatic N) is 2. The highest BCUT2D eigenvalue weighted by Crippen LogP contribution is 2.36. The molecule has 2 N–H and O–H groups in total. The van der Waals surface area contributed by atoms with Gasteiger partial charge in [0.25, 0.3) is 0 Å². The van der Waals surface area contributed by atoms with Crippen molar-refractivity contribution in [3.05, 3.63) is 47.5 Å². The first-order valence-corrected chi connectivity index (χ1v) is 6.51. The second-order valence-corrected chi connectivity index (χ2v) is 4.89. The Bertz CT molecular complexity index is 485. The molecule has 1 aliphatic rings. The van der Waals surface area contributed by atoms with E-state index >= 15 is 0 Å². The summed E-state index contributed by atoms with van der Waals surface area (Å²) in [6.07, 6.45) is 5.61. The Balaban J connectivity index is 1.82. The van der Waals surface area contributed by atoms with Gasteiger partial charge in [0.1, 0.15) is 12.2 Å². The van der Waals surface area contributed by atoms with Gasteiger partial charge in [0.05, 0.1) is 6.04 Å². The highest BCUT2D eigenvalue weighted by atomic mass is 15.2. The summed E-state index contributed by atoms with van der Waals surface area (Å²) < 4.78 is 0. The number of hydrogen-bond acceptors (Lipinski definition) is 3. The number of aromatic amines is 1. The predicted molar refractivity (Wildman–Crippen MR) is 70.3 cm³/mol. The van der Waals surface area contributed by atoms with Crippen LogP contribution in [0.4, 0.5) is 0 Å². The van der Waals surface area contributed by atoms with Gasteiger partial charge in [-0.3, -0.25) is 5.10 Å². The molecule has 1 heterocycles. The molecule has 2 aromatic rings. The number of hydrogen-bond donors (Lipinski definition) is 2. The summed E-state index contributed by atoms with van der Waals surface area (Å²) in [5.41, 5.74) is 2.69. The first kappa shape index (κ1) is 11.4. The molecule has 0 spiro atoms. The Morgan fingerprint density at radius 2 is 2.06 bits per heavy atom. The fraction of sp³-hybridized carbons (Fsp3) is 0.429. The van der Waals surface area contributed by atoms with E-state index in [9.17, 15) is 0 Å². The van der Waals surface area contributed by atoms with Gasteiger partial charge < -0.3 is 5.32 Å². The third-order valence-corrected chi connectivity index (χ3v) is 3.84. The van der Waals surface area contributed by atoms with E-state index in [1.807, 2.05) is 7.05 Å². The SMILES string of the molecule is CNC(c1ccc(C2CCC2)cc1)c1ncn[nH]1. The van der Waals surface area contributed by atoms with E-state index in [0.29, 0.717) is 0 Å². The molecular weight excluding hydrogens is 224 g/mol. The van der Waals surface area contributed by atoms with Crippen LogP contribution in [0.1, 0.15) is 48.2 Å². The molecule has 1 saturated carbocycles. The Kier molecular flexibility index (Phi) is 3.11. The zero-order valence-electron chi connectivity index (χ0n) is 10.6.